The highest BCUT2D eigenvalue weighted by atomic mass is 35.5. The Kier molecular flexibility index (Phi) is 6.92. The molecule has 178 valence electrons. The number of anilines is 1. The van der Waals surface area contributed by atoms with Crippen molar-refractivity contribution < 1.29 is 38.6 Å². The third-order valence-electron chi connectivity index (χ3n) is 4.68. The van der Waals surface area contributed by atoms with Gasteiger partial charge in [0.05, 0.1) is 36.5 Å². The van der Waals surface area contributed by atoms with Gasteiger partial charge >= 0.3 is 11.7 Å². The van der Waals surface area contributed by atoms with Gasteiger partial charge in [0.25, 0.3) is 11.8 Å². The van der Waals surface area contributed by atoms with Crippen LogP contribution in [0.3, 0.4) is 0 Å². The standard InChI is InChI=1S/C21H18ClN3O9/c1-4-34-17-7-10(6-14(18(17)26)25(30)31)5-11-19(27)23-21(29)24(20(11)28)13-9-15(32-2)12(22)8-16(13)33-3/h5-9,26H,4H2,1-3H3,(H,23,27,29)/b11-5+. The summed E-state index contributed by atoms with van der Waals surface area (Å²) in [5.41, 5.74) is -1.27. The summed E-state index contributed by atoms with van der Waals surface area (Å²) in [6.45, 7) is 1.69. The van der Waals surface area contributed by atoms with Crippen molar-refractivity contribution in [2.24, 2.45) is 0 Å². The first kappa shape index (κ1) is 24.3. The number of amides is 4. The maximum Gasteiger partial charge on any atom is 0.336 e. The van der Waals surface area contributed by atoms with Crippen LogP contribution in [0.2, 0.25) is 5.02 Å². The number of benzene rings is 2. The van der Waals surface area contributed by atoms with Crippen LogP contribution in [0.5, 0.6) is 23.0 Å². The average Bonchev–Trinajstić information content (AvgIpc) is 2.78. The molecule has 1 saturated heterocycles. The maximum atomic E-state index is 13.2. The summed E-state index contributed by atoms with van der Waals surface area (Å²) in [7, 11) is 2.62. The van der Waals surface area contributed by atoms with Gasteiger partial charge in [0, 0.05) is 18.2 Å². The molecule has 1 fully saturated rings. The highest BCUT2D eigenvalue weighted by Gasteiger charge is 2.39. The third kappa shape index (κ3) is 4.43. The van der Waals surface area contributed by atoms with Crippen molar-refractivity contribution in [2.75, 3.05) is 25.7 Å². The van der Waals surface area contributed by atoms with Gasteiger partial charge in [-0.2, -0.15) is 0 Å². The Bertz CT molecular complexity index is 1240. The largest absolute Gasteiger partial charge is 0.500 e. The fraction of sp³-hybridized carbons (Fsp3) is 0.190. The quantitative estimate of drug-likeness (QED) is 0.257. The zero-order valence-corrected chi connectivity index (χ0v) is 18.8. The number of urea groups is 1. The molecule has 2 aromatic rings. The smallest absolute Gasteiger partial charge is 0.336 e. The summed E-state index contributed by atoms with van der Waals surface area (Å²) < 4.78 is 15.6. The molecular formula is C21H18ClN3O9. The minimum absolute atomic E-state index is 0.00130. The van der Waals surface area contributed by atoms with Crippen LogP contribution in [0.15, 0.2) is 29.8 Å². The van der Waals surface area contributed by atoms with E-state index in [9.17, 15) is 29.6 Å². The Balaban J connectivity index is 2.15. The first-order chi connectivity index (χ1) is 16.1. The van der Waals surface area contributed by atoms with E-state index in [-0.39, 0.29) is 40.1 Å². The second kappa shape index (κ2) is 9.67. The van der Waals surface area contributed by atoms with Crippen molar-refractivity contribution in [3.63, 3.8) is 0 Å². The molecule has 2 N–H and O–H groups in total. The molecule has 0 atom stereocenters. The molecule has 0 aromatic heterocycles. The molecule has 1 heterocycles. The summed E-state index contributed by atoms with van der Waals surface area (Å²) in [5, 5.41) is 23.6. The highest BCUT2D eigenvalue weighted by molar-refractivity contribution is 6.39. The van der Waals surface area contributed by atoms with Gasteiger partial charge in [0.15, 0.2) is 5.75 Å². The first-order valence-electron chi connectivity index (χ1n) is 9.60. The zero-order valence-electron chi connectivity index (χ0n) is 18.1. The fourth-order valence-corrected chi connectivity index (χ4v) is 3.39. The van der Waals surface area contributed by atoms with Gasteiger partial charge in [-0.15, -0.1) is 0 Å². The van der Waals surface area contributed by atoms with Crippen molar-refractivity contribution in [3.05, 3.63) is 50.5 Å². The zero-order chi connectivity index (χ0) is 25.2. The van der Waals surface area contributed by atoms with Gasteiger partial charge in [-0.25, -0.2) is 9.69 Å². The number of carbonyl (C=O) groups is 3. The van der Waals surface area contributed by atoms with E-state index < -0.39 is 39.8 Å². The molecule has 0 unspecified atom stereocenters. The minimum atomic E-state index is -1.05. The lowest BCUT2D eigenvalue weighted by Crippen LogP contribution is -2.54. The Hall–Kier alpha value is -4.32. The van der Waals surface area contributed by atoms with Gasteiger partial charge in [0.2, 0.25) is 5.75 Å². The molecule has 1 aliphatic rings. The Morgan fingerprint density at radius 1 is 1.12 bits per heavy atom. The number of ether oxygens (including phenoxy) is 3. The summed E-state index contributed by atoms with van der Waals surface area (Å²) in [6.07, 6.45) is 1.03. The number of phenolic OH excluding ortho intramolecular Hbond substituents is 1. The van der Waals surface area contributed by atoms with Crippen LogP contribution in [0.25, 0.3) is 6.08 Å². The number of carbonyl (C=O) groups excluding carboxylic acids is 3. The van der Waals surface area contributed by atoms with Crippen LogP contribution in [0, 0.1) is 10.1 Å². The van der Waals surface area contributed by atoms with E-state index in [1.165, 1.54) is 32.4 Å². The van der Waals surface area contributed by atoms with Crippen molar-refractivity contribution >= 4 is 46.9 Å². The van der Waals surface area contributed by atoms with Crippen LogP contribution in [0.1, 0.15) is 12.5 Å². The number of nitrogens with one attached hydrogen (secondary N) is 1. The molecule has 0 bridgehead atoms. The number of barbiturate groups is 1. The van der Waals surface area contributed by atoms with Crippen LogP contribution < -0.4 is 24.4 Å². The van der Waals surface area contributed by atoms with Crippen molar-refractivity contribution in [1.82, 2.24) is 5.32 Å². The molecule has 0 spiro atoms. The van der Waals surface area contributed by atoms with Crippen molar-refractivity contribution in [1.29, 1.82) is 0 Å². The van der Waals surface area contributed by atoms with Crippen molar-refractivity contribution in [2.45, 2.75) is 6.92 Å². The van der Waals surface area contributed by atoms with Gasteiger partial charge in [0.1, 0.15) is 17.1 Å². The highest BCUT2D eigenvalue weighted by Crippen LogP contribution is 2.40. The van der Waals surface area contributed by atoms with E-state index >= 15 is 0 Å². The second-order valence-corrected chi connectivity index (χ2v) is 7.10. The number of methoxy groups -OCH3 is 2. The molecule has 34 heavy (non-hydrogen) atoms. The number of aromatic hydroxyl groups is 1. The number of halogens is 1. The number of phenols is 1. The van der Waals surface area contributed by atoms with Crippen LogP contribution >= 0.6 is 11.6 Å². The van der Waals surface area contributed by atoms with E-state index in [0.29, 0.717) is 4.90 Å². The second-order valence-electron chi connectivity index (χ2n) is 6.69. The normalized spacial score (nSPS) is 14.8. The molecule has 0 radical (unpaired) electrons. The number of nitrogens with zero attached hydrogens (tertiary/aromatic N) is 2. The average molecular weight is 492 g/mol. The first-order valence-corrected chi connectivity index (χ1v) is 9.97. The van der Waals surface area contributed by atoms with Gasteiger partial charge in [-0.05, 0) is 24.6 Å². The van der Waals surface area contributed by atoms with E-state index in [0.717, 1.165) is 12.1 Å². The topological polar surface area (TPSA) is 158 Å². The molecule has 13 heteroatoms. The van der Waals surface area contributed by atoms with Gasteiger partial charge in [-0.1, -0.05) is 11.6 Å². The lowest BCUT2D eigenvalue weighted by molar-refractivity contribution is -0.386. The number of hydrogen-bond donors (Lipinski definition) is 2. The van der Waals surface area contributed by atoms with E-state index in [1.807, 2.05) is 5.32 Å². The lowest BCUT2D eigenvalue weighted by Gasteiger charge is -2.28. The molecule has 4 amide bonds. The number of nitro groups is 1. The predicted octanol–water partition coefficient (Wildman–Crippen LogP) is 3.04. The Labute approximate surface area is 197 Å². The van der Waals surface area contributed by atoms with E-state index in [1.54, 1.807) is 6.92 Å². The van der Waals surface area contributed by atoms with Crippen LogP contribution in [-0.2, 0) is 9.59 Å². The lowest BCUT2D eigenvalue weighted by atomic mass is 10.1. The fourth-order valence-electron chi connectivity index (χ4n) is 3.16. The van der Waals surface area contributed by atoms with Crippen LogP contribution in [0.4, 0.5) is 16.2 Å². The predicted molar refractivity (Wildman–Crippen MR) is 119 cm³/mol. The third-order valence-corrected chi connectivity index (χ3v) is 4.98. The summed E-state index contributed by atoms with van der Waals surface area (Å²) >= 11 is 6.08. The van der Waals surface area contributed by atoms with Crippen LogP contribution in [-0.4, -0.2) is 48.7 Å². The van der Waals surface area contributed by atoms with E-state index in [4.69, 9.17) is 25.8 Å². The maximum absolute atomic E-state index is 13.2. The molecular weight excluding hydrogens is 474 g/mol. The summed E-state index contributed by atoms with van der Waals surface area (Å²) in [6, 6.07) is 3.73. The monoisotopic (exact) mass is 491 g/mol. The van der Waals surface area contributed by atoms with Gasteiger partial charge in [-0.3, -0.25) is 25.0 Å². The molecule has 12 nitrogen and oxygen atoms in total. The minimum Gasteiger partial charge on any atom is -0.500 e. The molecule has 3 rings (SSSR count). The summed E-state index contributed by atoms with van der Waals surface area (Å²) in [5.74, 6) is -2.81. The number of imide groups is 2. The summed E-state index contributed by atoms with van der Waals surface area (Å²) in [4.78, 5) is 49.4. The Morgan fingerprint density at radius 3 is 2.38 bits per heavy atom. The van der Waals surface area contributed by atoms with Crippen molar-refractivity contribution in [3.8, 4) is 23.0 Å². The molecule has 1 aliphatic heterocycles. The van der Waals surface area contributed by atoms with E-state index in [2.05, 4.69) is 0 Å². The molecule has 2 aromatic carbocycles. The van der Waals surface area contributed by atoms with Gasteiger partial charge < -0.3 is 19.3 Å². The SMILES string of the molecule is CCOc1cc(/C=C2\C(=O)NC(=O)N(c3cc(OC)c(Cl)cc3OC)C2=O)cc([N+](=O)[O-])c1O. The molecule has 0 saturated carbocycles. The Morgan fingerprint density at radius 2 is 1.79 bits per heavy atom. The number of hydrogen-bond acceptors (Lipinski definition) is 9. The molecule has 0 aliphatic carbocycles. The number of nitro benzene ring substituents is 1. The number of rotatable bonds is 7.